The molecule has 0 unspecified atom stereocenters. The Hall–Kier alpha value is -0.380. The zero-order valence-corrected chi connectivity index (χ0v) is 11.3. The van der Waals surface area contributed by atoms with Gasteiger partial charge in [0.15, 0.2) is 6.29 Å². The number of pyridine rings is 1. The fourth-order valence-electron chi connectivity index (χ4n) is 0.912. The highest BCUT2D eigenvalue weighted by atomic mass is 127. The number of rotatable bonds is 3. The molecule has 0 aliphatic heterocycles. The number of aldehydes is 1. The van der Waals surface area contributed by atoms with Crippen LogP contribution in [-0.4, -0.2) is 17.6 Å². The van der Waals surface area contributed by atoms with Gasteiger partial charge in [-0.15, -0.1) is 13.2 Å². The average Bonchev–Trinajstić information content (AvgIpc) is 2.18. The molecular formula is C8H4BrF3INO2. The Morgan fingerprint density at radius 3 is 2.62 bits per heavy atom. The van der Waals surface area contributed by atoms with Gasteiger partial charge in [0.2, 0.25) is 5.88 Å². The molecule has 8 heteroatoms. The van der Waals surface area contributed by atoms with Crippen molar-refractivity contribution in [3.63, 3.8) is 0 Å². The van der Waals surface area contributed by atoms with Crippen LogP contribution in [0.4, 0.5) is 13.2 Å². The van der Waals surface area contributed by atoms with E-state index >= 15 is 0 Å². The van der Waals surface area contributed by atoms with Gasteiger partial charge in [-0.1, -0.05) is 15.9 Å². The van der Waals surface area contributed by atoms with Crippen molar-refractivity contribution in [1.82, 2.24) is 4.98 Å². The molecule has 0 bridgehead atoms. The fraction of sp³-hybridized carbons (Fsp3) is 0.250. The van der Waals surface area contributed by atoms with E-state index in [1.165, 1.54) is 6.07 Å². The summed E-state index contributed by atoms with van der Waals surface area (Å²) >= 11 is 4.65. The second-order valence-electron chi connectivity index (χ2n) is 2.61. The smallest absolute Gasteiger partial charge is 0.387 e. The van der Waals surface area contributed by atoms with Gasteiger partial charge in [-0.05, 0) is 28.7 Å². The maximum Gasteiger partial charge on any atom is 0.574 e. The van der Waals surface area contributed by atoms with Crippen LogP contribution < -0.4 is 4.74 Å². The van der Waals surface area contributed by atoms with Crippen molar-refractivity contribution in [2.24, 2.45) is 0 Å². The minimum absolute atomic E-state index is 0.127. The van der Waals surface area contributed by atoms with Crippen molar-refractivity contribution < 1.29 is 22.7 Å². The lowest BCUT2D eigenvalue weighted by molar-refractivity contribution is -0.276. The van der Waals surface area contributed by atoms with Crippen LogP contribution in [0.25, 0.3) is 0 Å². The van der Waals surface area contributed by atoms with Gasteiger partial charge in [-0.25, -0.2) is 4.98 Å². The van der Waals surface area contributed by atoms with Crippen molar-refractivity contribution in [3.05, 3.63) is 20.9 Å². The third-order valence-corrected chi connectivity index (χ3v) is 2.83. The summed E-state index contributed by atoms with van der Waals surface area (Å²) in [4.78, 5) is 14.2. The molecule has 1 heterocycles. The molecular weight excluding hydrogens is 406 g/mol. The van der Waals surface area contributed by atoms with Crippen LogP contribution >= 0.6 is 38.5 Å². The molecule has 0 aromatic carbocycles. The predicted molar refractivity (Wildman–Crippen MR) is 61.7 cm³/mol. The number of halogens is 5. The molecule has 0 saturated heterocycles. The van der Waals surface area contributed by atoms with Crippen molar-refractivity contribution in [1.29, 1.82) is 0 Å². The second kappa shape index (κ2) is 5.30. The normalized spacial score (nSPS) is 11.3. The number of aromatic nitrogens is 1. The molecule has 0 atom stereocenters. The summed E-state index contributed by atoms with van der Waals surface area (Å²) in [5.41, 5.74) is 0.436. The molecule has 1 aromatic heterocycles. The monoisotopic (exact) mass is 409 g/mol. The quantitative estimate of drug-likeness (QED) is 0.437. The van der Waals surface area contributed by atoms with Crippen LogP contribution in [0.5, 0.6) is 5.88 Å². The SMILES string of the molecule is O=Cc1cc(I)c(OC(F)(F)F)nc1CBr. The number of nitrogens with zero attached hydrogens (tertiary/aromatic N) is 1. The number of carbonyl (C=O) groups excluding carboxylic acids is 1. The van der Waals surface area contributed by atoms with Gasteiger partial charge < -0.3 is 4.74 Å². The number of ether oxygens (including phenoxy) is 1. The molecule has 0 fully saturated rings. The molecule has 0 amide bonds. The van der Waals surface area contributed by atoms with E-state index in [4.69, 9.17) is 0 Å². The molecule has 0 spiro atoms. The first-order valence-electron chi connectivity index (χ1n) is 3.83. The first-order chi connectivity index (χ1) is 7.37. The molecule has 0 aliphatic rings. The molecule has 88 valence electrons. The molecule has 3 nitrogen and oxygen atoms in total. The van der Waals surface area contributed by atoms with Gasteiger partial charge in [0.25, 0.3) is 0 Å². The lowest BCUT2D eigenvalue weighted by Gasteiger charge is -2.11. The third kappa shape index (κ3) is 3.58. The van der Waals surface area contributed by atoms with Gasteiger partial charge in [-0.2, -0.15) is 0 Å². The number of carbonyl (C=O) groups is 1. The van der Waals surface area contributed by atoms with Gasteiger partial charge >= 0.3 is 6.36 Å². The summed E-state index contributed by atoms with van der Waals surface area (Å²) in [6, 6.07) is 1.29. The summed E-state index contributed by atoms with van der Waals surface area (Å²) < 4.78 is 39.8. The van der Waals surface area contributed by atoms with Crippen LogP contribution in [0.1, 0.15) is 16.1 Å². The van der Waals surface area contributed by atoms with E-state index in [9.17, 15) is 18.0 Å². The van der Waals surface area contributed by atoms with Crippen LogP contribution in [0, 0.1) is 3.57 Å². The van der Waals surface area contributed by atoms with Gasteiger partial charge in [-0.3, -0.25) is 4.79 Å². The van der Waals surface area contributed by atoms with Crippen LogP contribution in [-0.2, 0) is 5.33 Å². The summed E-state index contributed by atoms with van der Waals surface area (Å²) in [5, 5.41) is 0.173. The summed E-state index contributed by atoms with van der Waals surface area (Å²) in [6.45, 7) is 0. The van der Waals surface area contributed by atoms with E-state index < -0.39 is 12.2 Å². The molecule has 0 saturated carbocycles. The lowest BCUT2D eigenvalue weighted by Crippen LogP contribution is -2.19. The van der Waals surface area contributed by atoms with Crippen molar-refractivity contribution in [3.8, 4) is 5.88 Å². The maximum absolute atomic E-state index is 12.0. The Balaban J connectivity index is 3.16. The van der Waals surface area contributed by atoms with Crippen molar-refractivity contribution in [2.75, 3.05) is 0 Å². The van der Waals surface area contributed by atoms with Crippen LogP contribution in [0.2, 0.25) is 0 Å². The minimum Gasteiger partial charge on any atom is -0.387 e. The maximum atomic E-state index is 12.0. The average molecular weight is 410 g/mol. The van der Waals surface area contributed by atoms with E-state index in [0.29, 0.717) is 6.29 Å². The summed E-state index contributed by atoms with van der Waals surface area (Å²) in [6.07, 6.45) is -4.26. The van der Waals surface area contributed by atoms with Gasteiger partial charge in [0.1, 0.15) is 0 Å². The minimum atomic E-state index is -4.79. The Morgan fingerprint density at radius 1 is 1.56 bits per heavy atom. The highest BCUT2D eigenvalue weighted by molar-refractivity contribution is 14.1. The molecule has 0 radical (unpaired) electrons. The molecule has 1 rings (SSSR count). The Labute approximate surface area is 111 Å². The van der Waals surface area contributed by atoms with Gasteiger partial charge in [0.05, 0.1) is 9.26 Å². The third-order valence-electron chi connectivity index (χ3n) is 1.52. The Kier molecular flexibility index (Phi) is 4.53. The second-order valence-corrected chi connectivity index (χ2v) is 4.33. The number of alkyl halides is 4. The van der Waals surface area contributed by atoms with E-state index in [0.717, 1.165) is 0 Å². The fourth-order valence-corrected chi connectivity index (χ4v) is 1.93. The summed E-state index contributed by atoms with van der Waals surface area (Å²) in [7, 11) is 0. The lowest BCUT2D eigenvalue weighted by atomic mass is 10.2. The Morgan fingerprint density at radius 2 is 2.19 bits per heavy atom. The number of hydrogen-bond donors (Lipinski definition) is 0. The highest BCUT2D eigenvalue weighted by Crippen LogP contribution is 2.27. The molecule has 16 heavy (non-hydrogen) atoms. The van der Waals surface area contributed by atoms with Crippen molar-refractivity contribution >= 4 is 44.8 Å². The molecule has 0 N–H and O–H groups in total. The van der Waals surface area contributed by atoms with Gasteiger partial charge in [0, 0.05) is 10.9 Å². The van der Waals surface area contributed by atoms with Crippen molar-refractivity contribution in [2.45, 2.75) is 11.7 Å². The van der Waals surface area contributed by atoms with E-state index in [2.05, 4.69) is 25.7 Å². The van der Waals surface area contributed by atoms with Crippen LogP contribution in [0.15, 0.2) is 6.07 Å². The summed E-state index contributed by atoms with van der Waals surface area (Å²) in [5.74, 6) is -0.548. The zero-order valence-electron chi connectivity index (χ0n) is 7.52. The first-order valence-corrected chi connectivity index (χ1v) is 6.03. The van der Waals surface area contributed by atoms with E-state index in [1.807, 2.05) is 0 Å². The van der Waals surface area contributed by atoms with E-state index in [1.54, 1.807) is 22.6 Å². The topological polar surface area (TPSA) is 39.2 Å². The molecule has 0 aliphatic carbocycles. The predicted octanol–water partition coefficient (Wildman–Crippen LogP) is 3.29. The standard InChI is InChI=1S/C8H4BrF3INO2/c9-2-6-4(3-15)1-5(13)7(14-6)16-8(10,11)12/h1,3H,2H2. The highest BCUT2D eigenvalue weighted by Gasteiger charge is 2.33. The first kappa shape index (κ1) is 13.7. The number of hydrogen-bond acceptors (Lipinski definition) is 3. The Bertz CT molecular complexity index is 411. The largest absolute Gasteiger partial charge is 0.574 e. The zero-order chi connectivity index (χ0) is 12.3. The van der Waals surface area contributed by atoms with Crippen LogP contribution in [0.3, 0.4) is 0 Å². The molecule has 1 aromatic rings. The van der Waals surface area contributed by atoms with E-state index in [-0.39, 0.29) is 20.2 Å².